The van der Waals surface area contributed by atoms with E-state index < -0.39 is 49.7 Å². The number of β-lactam (4-membered cyclic amide) rings is 1. The van der Waals surface area contributed by atoms with Crippen molar-refractivity contribution >= 4 is 43.4 Å². The van der Waals surface area contributed by atoms with E-state index in [1.165, 1.54) is 11.8 Å². The first-order chi connectivity index (χ1) is 24.8. The summed E-state index contributed by atoms with van der Waals surface area (Å²) in [5.74, 6) is -1.15. The molecule has 12 nitrogen and oxygen atoms in total. The monoisotopic (exact) mass is 727 g/mol. The molecule has 3 aromatic rings. The third-order valence-electron chi connectivity index (χ3n) is 11.2. The van der Waals surface area contributed by atoms with Crippen LogP contribution in [0.25, 0.3) is 0 Å². The Morgan fingerprint density at radius 2 is 1.77 bits per heavy atom. The maximum atomic E-state index is 15.0. The molecule has 3 amide bonds. The number of aliphatic hydroxyl groups excluding tert-OH is 1. The SMILES string of the molecule is COc1ccc2c(c1)[C@@]1(O[C@H](CC(=O)N3Cc4ccccc4C[C@H]3CO)[C@@H]([Si](C)(C)O)[C@@H]1C)C(=O)N2Cc1cccc(N2C(=O)CC2OC(C)=O)c1. The standard InChI is InChI=1S/C39H45N3O9Si/c1-23-37(52(4,5)48)33(18-34(45)40-21-27-11-7-6-10-26(27)16-29(40)22-43)51-39(23)31-17-30(49-3)13-14-32(31)41(38(39)47)20-25-9-8-12-28(15-25)42-35(46)19-36(42)50-24(2)44/h6-15,17,23,29,33,36-37,43,48H,16,18-22H2,1-5H3/t23-,29-,33+,36?,37-,39+/m0/s1. The average Bonchev–Trinajstić information content (AvgIpc) is 3.52. The van der Waals surface area contributed by atoms with Gasteiger partial charge in [-0.15, -0.1) is 0 Å². The lowest BCUT2D eigenvalue weighted by Crippen LogP contribution is -2.54. The number of hydrogen-bond acceptors (Lipinski definition) is 9. The van der Waals surface area contributed by atoms with Gasteiger partial charge in [0.1, 0.15) is 5.75 Å². The highest BCUT2D eigenvalue weighted by molar-refractivity contribution is 6.71. The molecule has 0 aromatic heterocycles. The number of rotatable bonds is 9. The Hall–Kier alpha value is -4.56. The van der Waals surface area contributed by atoms with Crippen molar-refractivity contribution in [1.82, 2.24) is 4.90 Å². The van der Waals surface area contributed by atoms with Crippen molar-refractivity contribution in [2.75, 3.05) is 23.5 Å². The lowest BCUT2D eigenvalue weighted by Gasteiger charge is -2.39. The molecule has 0 bridgehead atoms. The predicted octanol–water partition coefficient (Wildman–Crippen LogP) is 4.00. The zero-order chi connectivity index (χ0) is 37.1. The number of fused-ring (bicyclic) bond motifs is 3. The molecule has 6 atom stereocenters. The van der Waals surface area contributed by atoms with Crippen molar-refractivity contribution in [3.63, 3.8) is 0 Å². The van der Waals surface area contributed by atoms with Gasteiger partial charge in [0.25, 0.3) is 5.91 Å². The molecule has 1 unspecified atom stereocenters. The van der Waals surface area contributed by atoms with E-state index in [1.54, 1.807) is 47.2 Å². The molecule has 0 aliphatic carbocycles. The number of nitrogens with zero attached hydrogens (tertiary/aromatic N) is 3. The van der Waals surface area contributed by atoms with Crippen LogP contribution >= 0.6 is 0 Å². The number of anilines is 2. The molecule has 13 heteroatoms. The van der Waals surface area contributed by atoms with Crippen molar-refractivity contribution in [3.8, 4) is 5.75 Å². The molecule has 1 spiro atoms. The lowest BCUT2D eigenvalue weighted by atomic mass is 9.82. The van der Waals surface area contributed by atoms with Crippen LogP contribution in [0.4, 0.5) is 11.4 Å². The second kappa shape index (κ2) is 13.4. The van der Waals surface area contributed by atoms with Gasteiger partial charge < -0.3 is 33.9 Å². The van der Waals surface area contributed by atoms with Gasteiger partial charge in [0.2, 0.25) is 11.8 Å². The molecule has 4 heterocycles. The van der Waals surface area contributed by atoms with Gasteiger partial charge in [-0.1, -0.05) is 43.3 Å². The second-order valence-corrected chi connectivity index (χ2v) is 18.8. The van der Waals surface area contributed by atoms with Crippen LogP contribution in [0.3, 0.4) is 0 Å². The molecule has 4 aliphatic rings. The maximum absolute atomic E-state index is 15.0. The summed E-state index contributed by atoms with van der Waals surface area (Å²) in [7, 11) is -1.52. The van der Waals surface area contributed by atoms with E-state index in [0.29, 0.717) is 35.7 Å². The highest BCUT2D eigenvalue weighted by Gasteiger charge is 2.66. The van der Waals surface area contributed by atoms with E-state index in [1.807, 2.05) is 56.4 Å². The number of carbonyl (C=O) groups is 4. The highest BCUT2D eigenvalue weighted by Crippen LogP contribution is 2.60. The Labute approximate surface area is 304 Å². The van der Waals surface area contributed by atoms with Crippen molar-refractivity contribution in [2.45, 2.75) is 88.8 Å². The Kier molecular flexibility index (Phi) is 9.26. The number of methoxy groups -OCH3 is 1. The fraction of sp³-hybridized carbons (Fsp3) is 0.436. The Balaban J connectivity index is 1.21. The van der Waals surface area contributed by atoms with E-state index in [-0.39, 0.29) is 43.7 Å². The Morgan fingerprint density at radius 1 is 1.02 bits per heavy atom. The van der Waals surface area contributed by atoms with Crippen molar-refractivity contribution < 1.29 is 43.3 Å². The van der Waals surface area contributed by atoms with Gasteiger partial charge in [0.15, 0.2) is 20.1 Å². The summed E-state index contributed by atoms with van der Waals surface area (Å²) in [6.45, 7) is 7.17. The summed E-state index contributed by atoms with van der Waals surface area (Å²) < 4.78 is 17.9. The summed E-state index contributed by atoms with van der Waals surface area (Å²) in [6.07, 6.45) is -0.886. The van der Waals surface area contributed by atoms with Crippen LogP contribution in [-0.2, 0) is 53.8 Å². The van der Waals surface area contributed by atoms with Crippen LogP contribution in [0.15, 0.2) is 66.7 Å². The van der Waals surface area contributed by atoms with Gasteiger partial charge >= 0.3 is 5.97 Å². The summed E-state index contributed by atoms with van der Waals surface area (Å²) >= 11 is 0. The van der Waals surface area contributed by atoms with Gasteiger partial charge in [-0.05, 0) is 66.5 Å². The third kappa shape index (κ3) is 5.99. The minimum absolute atomic E-state index is 0.0611. The molecular weight excluding hydrogens is 683 g/mol. The molecule has 2 saturated heterocycles. The average molecular weight is 728 g/mol. The number of carbonyl (C=O) groups excluding carboxylic acids is 4. The normalized spacial score (nSPS) is 26.7. The van der Waals surface area contributed by atoms with Crippen LogP contribution in [0.1, 0.15) is 48.9 Å². The summed E-state index contributed by atoms with van der Waals surface area (Å²) in [5, 5.41) is 10.3. The fourth-order valence-electron chi connectivity index (χ4n) is 8.84. The third-order valence-corrected chi connectivity index (χ3v) is 13.7. The van der Waals surface area contributed by atoms with Crippen molar-refractivity contribution in [2.24, 2.45) is 5.92 Å². The van der Waals surface area contributed by atoms with Gasteiger partial charge in [-0.2, -0.15) is 0 Å². The Bertz CT molecular complexity index is 1930. The van der Waals surface area contributed by atoms with Crippen LogP contribution in [-0.4, -0.2) is 78.9 Å². The lowest BCUT2D eigenvalue weighted by molar-refractivity contribution is -0.154. The van der Waals surface area contributed by atoms with Crippen LogP contribution in [0, 0.1) is 5.92 Å². The van der Waals surface area contributed by atoms with Gasteiger partial charge in [0.05, 0.1) is 50.9 Å². The van der Waals surface area contributed by atoms with E-state index in [2.05, 4.69) is 0 Å². The fourth-order valence-corrected chi connectivity index (χ4v) is 11.4. The van der Waals surface area contributed by atoms with Crippen molar-refractivity contribution in [1.29, 1.82) is 0 Å². The van der Waals surface area contributed by atoms with E-state index in [0.717, 1.165) is 16.7 Å². The molecule has 0 saturated carbocycles. The Morgan fingerprint density at radius 3 is 2.44 bits per heavy atom. The zero-order valence-corrected chi connectivity index (χ0v) is 31.1. The molecule has 274 valence electrons. The quantitative estimate of drug-likeness (QED) is 0.190. The predicted molar refractivity (Wildman–Crippen MR) is 194 cm³/mol. The number of ether oxygens (including phenoxy) is 3. The first kappa shape index (κ1) is 35.8. The van der Waals surface area contributed by atoms with Crippen LogP contribution in [0.2, 0.25) is 18.6 Å². The number of amides is 3. The minimum atomic E-state index is -3.08. The molecular formula is C39H45N3O9Si. The smallest absolute Gasteiger partial charge is 0.304 e. The van der Waals surface area contributed by atoms with E-state index in [9.17, 15) is 29.1 Å². The maximum Gasteiger partial charge on any atom is 0.304 e. The van der Waals surface area contributed by atoms with E-state index in [4.69, 9.17) is 14.2 Å². The first-order valence-electron chi connectivity index (χ1n) is 17.7. The van der Waals surface area contributed by atoms with Crippen molar-refractivity contribution in [3.05, 3.63) is 89.0 Å². The molecule has 7 rings (SSSR count). The van der Waals surface area contributed by atoms with E-state index >= 15 is 0 Å². The summed E-state index contributed by atoms with van der Waals surface area (Å²) in [4.78, 5) is 69.9. The number of hydrogen-bond donors (Lipinski definition) is 2. The number of aliphatic hydroxyl groups is 1. The largest absolute Gasteiger partial charge is 0.497 e. The summed E-state index contributed by atoms with van der Waals surface area (Å²) in [5.41, 5.74) is 2.64. The molecule has 3 aromatic carbocycles. The molecule has 2 fully saturated rings. The molecule has 0 radical (unpaired) electrons. The van der Waals surface area contributed by atoms with Gasteiger partial charge in [-0.3, -0.25) is 24.1 Å². The minimum Gasteiger partial charge on any atom is -0.497 e. The van der Waals surface area contributed by atoms with Crippen LogP contribution in [0.5, 0.6) is 5.75 Å². The first-order valence-corrected chi connectivity index (χ1v) is 20.7. The van der Waals surface area contributed by atoms with Gasteiger partial charge in [-0.25, -0.2) is 0 Å². The van der Waals surface area contributed by atoms with Gasteiger partial charge in [0, 0.05) is 36.2 Å². The molecule has 2 N–H and O–H groups in total. The second-order valence-electron chi connectivity index (χ2n) is 14.9. The zero-order valence-electron chi connectivity index (χ0n) is 30.1. The number of esters is 1. The van der Waals surface area contributed by atoms with Crippen LogP contribution < -0.4 is 14.5 Å². The topological polar surface area (TPSA) is 146 Å². The summed E-state index contributed by atoms with van der Waals surface area (Å²) in [6, 6.07) is 20.1. The molecule has 52 heavy (non-hydrogen) atoms. The highest BCUT2D eigenvalue weighted by atomic mass is 28.4. The number of benzene rings is 3. The molecule has 4 aliphatic heterocycles.